The van der Waals surface area contributed by atoms with Gasteiger partial charge in [0, 0.05) is 17.3 Å². The number of allylic oxidation sites excluding steroid dienone is 1. The number of thioether (sulfide) groups is 1. The van der Waals surface area contributed by atoms with Gasteiger partial charge in [0.2, 0.25) is 5.91 Å². The fourth-order valence-electron chi connectivity index (χ4n) is 2.91. The Bertz CT molecular complexity index is 1070. The number of nitrogens with zero attached hydrogens (tertiary/aromatic N) is 3. The van der Waals surface area contributed by atoms with Gasteiger partial charge in [0.25, 0.3) is 0 Å². The van der Waals surface area contributed by atoms with Gasteiger partial charge in [-0.3, -0.25) is 9.36 Å². The highest BCUT2D eigenvalue weighted by Crippen LogP contribution is 2.26. The van der Waals surface area contributed by atoms with Crippen molar-refractivity contribution >= 4 is 35.0 Å². The van der Waals surface area contributed by atoms with Crippen LogP contribution >= 0.6 is 23.4 Å². The smallest absolute Gasteiger partial charge is 0.234 e. The Kier molecular flexibility index (Phi) is 7.76. The molecule has 1 amide bonds. The molecule has 0 aliphatic carbocycles. The Morgan fingerprint density at radius 1 is 1.23 bits per heavy atom. The molecule has 1 heterocycles. The van der Waals surface area contributed by atoms with Gasteiger partial charge in [0.05, 0.1) is 5.75 Å². The minimum absolute atomic E-state index is 0.138. The van der Waals surface area contributed by atoms with Crippen LogP contribution in [0.15, 0.2) is 60.3 Å². The second kappa shape index (κ2) is 10.5. The van der Waals surface area contributed by atoms with Crippen LogP contribution in [0.4, 0.5) is 5.69 Å². The summed E-state index contributed by atoms with van der Waals surface area (Å²) in [6.45, 7) is 10.4. The Morgan fingerprint density at radius 3 is 2.65 bits per heavy atom. The molecule has 1 atom stereocenters. The molecule has 8 heteroatoms. The van der Waals surface area contributed by atoms with Gasteiger partial charge in [0.15, 0.2) is 17.1 Å². The monoisotopic (exact) mass is 456 g/mol. The van der Waals surface area contributed by atoms with E-state index >= 15 is 0 Å². The van der Waals surface area contributed by atoms with Gasteiger partial charge in [-0.05, 0) is 68.3 Å². The Labute approximate surface area is 191 Å². The number of benzene rings is 2. The van der Waals surface area contributed by atoms with E-state index in [-0.39, 0.29) is 17.8 Å². The average Bonchev–Trinajstić information content (AvgIpc) is 3.14. The van der Waals surface area contributed by atoms with Crippen molar-refractivity contribution in [2.24, 2.45) is 0 Å². The number of hydrogen-bond donors (Lipinski definition) is 1. The van der Waals surface area contributed by atoms with Gasteiger partial charge < -0.3 is 10.1 Å². The quantitative estimate of drug-likeness (QED) is 0.335. The summed E-state index contributed by atoms with van der Waals surface area (Å²) < 4.78 is 8.01. The van der Waals surface area contributed by atoms with Gasteiger partial charge >= 0.3 is 0 Å². The highest BCUT2D eigenvalue weighted by atomic mass is 35.5. The number of carbonyl (C=O) groups is 1. The minimum atomic E-state index is -0.313. The van der Waals surface area contributed by atoms with Crippen LogP contribution in [-0.4, -0.2) is 26.4 Å². The van der Waals surface area contributed by atoms with E-state index in [1.54, 1.807) is 30.3 Å². The molecule has 0 fully saturated rings. The minimum Gasteiger partial charge on any atom is -0.483 e. The first-order valence-corrected chi connectivity index (χ1v) is 11.2. The second-order valence-electron chi connectivity index (χ2n) is 7.09. The number of hydrogen-bond acceptors (Lipinski definition) is 5. The number of amides is 1. The van der Waals surface area contributed by atoms with Crippen molar-refractivity contribution in [1.82, 2.24) is 14.8 Å². The van der Waals surface area contributed by atoms with Crippen LogP contribution in [0.1, 0.15) is 30.0 Å². The SMILES string of the molecule is C=CCn1c(SCC(=O)Nc2ccc(Cl)cc2)nnc1C(C)Oc1ccc(C)c(C)c1. The number of halogens is 1. The second-order valence-corrected chi connectivity index (χ2v) is 8.47. The fraction of sp³-hybridized carbons (Fsp3) is 0.261. The first-order chi connectivity index (χ1) is 14.9. The highest BCUT2D eigenvalue weighted by molar-refractivity contribution is 7.99. The zero-order valence-corrected chi connectivity index (χ0v) is 19.3. The summed E-state index contributed by atoms with van der Waals surface area (Å²) in [6.07, 6.45) is 1.46. The standard InChI is InChI=1S/C23H25ClN4O2S/c1-5-12-28-22(17(4)30-20-11-6-15(2)16(3)13-20)26-27-23(28)31-14-21(29)25-19-9-7-18(24)8-10-19/h5-11,13,17H,1,12,14H2,2-4H3,(H,25,29). The molecule has 1 aromatic heterocycles. The molecule has 162 valence electrons. The normalized spacial score (nSPS) is 11.7. The molecule has 3 aromatic rings. The largest absolute Gasteiger partial charge is 0.483 e. The number of rotatable bonds is 9. The lowest BCUT2D eigenvalue weighted by atomic mass is 10.1. The van der Waals surface area contributed by atoms with Crippen LogP contribution in [0.5, 0.6) is 5.75 Å². The highest BCUT2D eigenvalue weighted by Gasteiger charge is 2.20. The third-order valence-corrected chi connectivity index (χ3v) is 5.89. The summed E-state index contributed by atoms with van der Waals surface area (Å²) in [5.41, 5.74) is 3.07. The van der Waals surface area contributed by atoms with E-state index < -0.39 is 0 Å². The van der Waals surface area contributed by atoms with Crippen molar-refractivity contribution < 1.29 is 9.53 Å². The number of ether oxygens (including phenoxy) is 1. The number of aromatic nitrogens is 3. The summed E-state index contributed by atoms with van der Waals surface area (Å²) in [5, 5.41) is 12.7. The molecule has 0 aliphatic rings. The molecule has 1 N–H and O–H groups in total. The summed E-state index contributed by atoms with van der Waals surface area (Å²) in [7, 11) is 0. The Hall–Kier alpha value is -2.77. The van der Waals surface area contributed by atoms with Gasteiger partial charge in [0.1, 0.15) is 5.75 Å². The number of aryl methyl sites for hydroxylation is 2. The third-order valence-electron chi connectivity index (χ3n) is 4.67. The molecule has 0 saturated carbocycles. The molecular formula is C23H25ClN4O2S. The van der Waals surface area contributed by atoms with E-state index in [4.69, 9.17) is 16.3 Å². The lowest BCUT2D eigenvalue weighted by Gasteiger charge is -2.16. The number of anilines is 1. The molecule has 6 nitrogen and oxygen atoms in total. The van der Waals surface area contributed by atoms with Gasteiger partial charge in [-0.2, -0.15) is 0 Å². The van der Waals surface area contributed by atoms with E-state index in [1.165, 1.54) is 22.9 Å². The summed E-state index contributed by atoms with van der Waals surface area (Å²) in [5.74, 6) is 1.52. The predicted molar refractivity (Wildman–Crippen MR) is 126 cm³/mol. The third kappa shape index (κ3) is 6.12. The lowest BCUT2D eigenvalue weighted by Crippen LogP contribution is -2.15. The molecule has 31 heavy (non-hydrogen) atoms. The van der Waals surface area contributed by atoms with Crippen molar-refractivity contribution in [2.45, 2.75) is 38.6 Å². The Morgan fingerprint density at radius 2 is 1.97 bits per heavy atom. The first kappa shape index (κ1) is 22.9. The maximum absolute atomic E-state index is 12.3. The lowest BCUT2D eigenvalue weighted by molar-refractivity contribution is -0.113. The molecule has 2 aromatic carbocycles. The van der Waals surface area contributed by atoms with Gasteiger partial charge in [-0.15, -0.1) is 16.8 Å². The van der Waals surface area contributed by atoms with E-state index in [0.29, 0.717) is 28.2 Å². The Balaban J connectivity index is 1.67. The van der Waals surface area contributed by atoms with Gasteiger partial charge in [-0.1, -0.05) is 35.5 Å². The van der Waals surface area contributed by atoms with E-state index in [1.807, 2.05) is 29.7 Å². The molecule has 0 aliphatic heterocycles. The van der Waals surface area contributed by atoms with Crippen LogP contribution in [0, 0.1) is 13.8 Å². The van der Waals surface area contributed by atoms with Crippen molar-refractivity contribution in [1.29, 1.82) is 0 Å². The van der Waals surface area contributed by atoms with E-state index in [0.717, 1.165) is 5.75 Å². The summed E-state index contributed by atoms with van der Waals surface area (Å²) in [6, 6.07) is 13.0. The average molecular weight is 457 g/mol. The molecule has 3 rings (SSSR count). The van der Waals surface area contributed by atoms with Gasteiger partial charge in [-0.25, -0.2) is 0 Å². The topological polar surface area (TPSA) is 69.0 Å². The first-order valence-electron chi connectivity index (χ1n) is 9.83. The van der Waals surface area contributed by atoms with Crippen molar-refractivity contribution in [3.05, 3.63) is 77.1 Å². The van der Waals surface area contributed by atoms with E-state index in [2.05, 4.69) is 35.9 Å². The molecule has 0 spiro atoms. The van der Waals surface area contributed by atoms with Crippen molar-refractivity contribution in [3.8, 4) is 5.75 Å². The van der Waals surface area contributed by atoms with Crippen molar-refractivity contribution in [3.63, 3.8) is 0 Å². The fourth-order valence-corrected chi connectivity index (χ4v) is 3.79. The van der Waals surface area contributed by atoms with Crippen molar-refractivity contribution in [2.75, 3.05) is 11.1 Å². The number of carbonyl (C=O) groups excluding carboxylic acids is 1. The van der Waals surface area contributed by atoms with Crippen LogP contribution in [0.25, 0.3) is 0 Å². The van der Waals surface area contributed by atoms with Crippen LogP contribution in [0.2, 0.25) is 5.02 Å². The maximum atomic E-state index is 12.3. The van der Waals surface area contributed by atoms with Crippen LogP contribution in [0.3, 0.4) is 0 Å². The van der Waals surface area contributed by atoms with E-state index in [9.17, 15) is 4.79 Å². The molecule has 0 saturated heterocycles. The molecule has 0 radical (unpaired) electrons. The number of nitrogens with one attached hydrogen (secondary N) is 1. The molecule has 1 unspecified atom stereocenters. The predicted octanol–water partition coefficient (Wildman–Crippen LogP) is 5.61. The molecular weight excluding hydrogens is 432 g/mol. The maximum Gasteiger partial charge on any atom is 0.234 e. The van der Waals surface area contributed by atoms with Crippen LogP contribution < -0.4 is 10.1 Å². The zero-order valence-electron chi connectivity index (χ0n) is 17.8. The summed E-state index contributed by atoms with van der Waals surface area (Å²) >= 11 is 7.19. The zero-order chi connectivity index (χ0) is 22.4. The summed E-state index contributed by atoms with van der Waals surface area (Å²) in [4.78, 5) is 12.3. The molecule has 0 bridgehead atoms. The van der Waals surface area contributed by atoms with Crippen LogP contribution in [-0.2, 0) is 11.3 Å².